The van der Waals surface area contributed by atoms with E-state index < -0.39 is 17.7 Å². The molecule has 1 amide bonds. The number of aliphatic hydroxyl groups is 1. The number of imidazole rings is 1. The minimum absolute atomic E-state index is 0.0200. The number of aromatic nitrogens is 3. The van der Waals surface area contributed by atoms with Gasteiger partial charge in [-0.05, 0) is 55.0 Å². The maximum absolute atomic E-state index is 13.5. The molecule has 0 radical (unpaired) electrons. The first-order valence-electron chi connectivity index (χ1n) is 10.9. The molecule has 1 N–H and O–H groups in total. The second-order valence-corrected chi connectivity index (χ2v) is 10.7. The molecule has 6 rings (SSSR count). The predicted octanol–water partition coefficient (Wildman–Crippen LogP) is 6.29. The second kappa shape index (κ2) is 8.55. The number of carbonyl (C=O) groups excluding carboxylic acids is 2. The number of Topliss-reactive ketones (excluding diaryl/α,β-unsaturated/α-hetero) is 1. The van der Waals surface area contributed by atoms with Crippen LogP contribution in [0.15, 0.2) is 76.9 Å². The fourth-order valence-electron chi connectivity index (χ4n) is 4.51. The molecule has 1 saturated heterocycles. The molecule has 0 spiro atoms. The third-order valence-electron chi connectivity index (χ3n) is 6.10. The molecule has 7 nitrogen and oxygen atoms in total. The Balaban J connectivity index is 1.61. The van der Waals surface area contributed by atoms with Crippen molar-refractivity contribution in [2.75, 3.05) is 4.90 Å². The first-order chi connectivity index (χ1) is 17.3. The number of fused-ring (bicyclic) bond motifs is 2. The fraction of sp³-hybridized carbons (Fsp3) is 0.0769. The van der Waals surface area contributed by atoms with E-state index in [4.69, 9.17) is 11.6 Å². The summed E-state index contributed by atoms with van der Waals surface area (Å²) >= 11 is 10.9. The van der Waals surface area contributed by atoms with Crippen LogP contribution in [-0.2, 0) is 9.59 Å². The second-order valence-electron chi connectivity index (χ2n) is 8.30. The molecule has 1 aliphatic rings. The van der Waals surface area contributed by atoms with Crippen molar-refractivity contribution in [2.45, 2.75) is 13.0 Å². The number of benzene rings is 2. The molecule has 3 aromatic heterocycles. The predicted molar refractivity (Wildman–Crippen MR) is 143 cm³/mol. The Morgan fingerprint density at radius 2 is 1.86 bits per heavy atom. The number of amides is 1. The fourth-order valence-corrected chi connectivity index (χ4v) is 6.04. The SMILES string of the molecule is Cc1nc2ccccn2c1/C(O)=C1\C(=O)C(=O)N(c2nc3ccc(Cl)cc3s2)C1c1ccc(Br)cc1. The van der Waals surface area contributed by atoms with Gasteiger partial charge in [0, 0.05) is 15.7 Å². The largest absolute Gasteiger partial charge is 0.505 e. The summed E-state index contributed by atoms with van der Waals surface area (Å²) in [5.74, 6) is -1.84. The van der Waals surface area contributed by atoms with E-state index in [0.717, 1.165) is 9.17 Å². The van der Waals surface area contributed by atoms with Crippen molar-refractivity contribution in [3.63, 3.8) is 0 Å². The Bertz CT molecular complexity index is 1740. The molecule has 1 fully saturated rings. The van der Waals surface area contributed by atoms with Crippen molar-refractivity contribution < 1.29 is 14.7 Å². The molecule has 4 heterocycles. The van der Waals surface area contributed by atoms with Gasteiger partial charge in [-0.3, -0.25) is 18.9 Å². The molecular weight excluding hydrogens is 564 g/mol. The van der Waals surface area contributed by atoms with E-state index in [9.17, 15) is 14.7 Å². The van der Waals surface area contributed by atoms with E-state index in [1.807, 2.05) is 36.4 Å². The van der Waals surface area contributed by atoms with Crippen LogP contribution in [0.1, 0.15) is 23.0 Å². The van der Waals surface area contributed by atoms with E-state index in [0.29, 0.717) is 38.3 Å². The number of aryl methyl sites for hydroxylation is 1. The van der Waals surface area contributed by atoms with Gasteiger partial charge in [0.25, 0.3) is 5.78 Å². The average Bonchev–Trinajstić information content (AvgIpc) is 3.50. The summed E-state index contributed by atoms with van der Waals surface area (Å²) in [5, 5.41) is 12.5. The molecule has 0 aliphatic carbocycles. The number of hydrogen-bond donors (Lipinski definition) is 1. The molecule has 178 valence electrons. The maximum atomic E-state index is 13.5. The lowest BCUT2D eigenvalue weighted by Gasteiger charge is -2.23. The molecule has 36 heavy (non-hydrogen) atoms. The number of pyridine rings is 1. The zero-order chi connectivity index (χ0) is 25.1. The zero-order valence-corrected chi connectivity index (χ0v) is 21.8. The van der Waals surface area contributed by atoms with E-state index in [-0.39, 0.29) is 11.3 Å². The summed E-state index contributed by atoms with van der Waals surface area (Å²) < 4.78 is 3.33. The lowest BCUT2D eigenvalue weighted by atomic mass is 9.96. The molecule has 1 aliphatic heterocycles. The van der Waals surface area contributed by atoms with Crippen molar-refractivity contribution in [3.05, 3.63) is 98.9 Å². The number of nitrogens with zero attached hydrogens (tertiary/aromatic N) is 4. The van der Waals surface area contributed by atoms with E-state index in [1.54, 1.807) is 41.8 Å². The molecule has 5 aromatic rings. The van der Waals surface area contributed by atoms with Crippen LogP contribution < -0.4 is 4.90 Å². The highest BCUT2D eigenvalue weighted by molar-refractivity contribution is 9.10. The molecular formula is C26H16BrClN4O3S. The lowest BCUT2D eigenvalue weighted by Crippen LogP contribution is -2.29. The molecule has 1 unspecified atom stereocenters. The number of anilines is 1. The molecule has 0 bridgehead atoms. The number of ketones is 1. The topological polar surface area (TPSA) is 87.8 Å². The molecule has 1 atom stereocenters. The monoisotopic (exact) mass is 578 g/mol. The van der Waals surface area contributed by atoms with Crippen molar-refractivity contribution in [1.29, 1.82) is 0 Å². The van der Waals surface area contributed by atoms with Crippen molar-refractivity contribution in [3.8, 4) is 0 Å². The summed E-state index contributed by atoms with van der Waals surface area (Å²) in [4.78, 5) is 37.5. The van der Waals surface area contributed by atoms with Crippen molar-refractivity contribution >= 4 is 77.3 Å². The Hall–Kier alpha value is -3.53. The highest BCUT2D eigenvalue weighted by Crippen LogP contribution is 2.45. The van der Waals surface area contributed by atoms with Gasteiger partial charge < -0.3 is 5.11 Å². The van der Waals surface area contributed by atoms with Crippen LogP contribution in [0.4, 0.5) is 5.13 Å². The third-order valence-corrected chi connectivity index (χ3v) is 7.89. The normalized spacial score (nSPS) is 17.5. The van der Waals surface area contributed by atoms with E-state index in [2.05, 4.69) is 25.9 Å². The van der Waals surface area contributed by atoms with Crippen molar-refractivity contribution in [1.82, 2.24) is 14.4 Å². The van der Waals surface area contributed by atoms with E-state index in [1.165, 1.54) is 16.2 Å². The minimum Gasteiger partial charge on any atom is -0.505 e. The van der Waals surface area contributed by atoms with Crippen LogP contribution >= 0.6 is 38.9 Å². The minimum atomic E-state index is -0.886. The molecule has 2 aromatic carbocycles. The van der Waals surface area contributed by atoms with Gasteiger partial charge in [0.2, 0.25) is 0 Å². The van der Waals surface area contributed by atoms with Gasteiger partial charge in [-0.25, -0.2) is 9.97 Å². The maximum Gasteiger partial charge on any atom is 0.301 e. The van der Waals surface area contributed by atoms with Crippen molar-refractivity contribution in [2.24, 2.45) is 0 Å². The summed E-state index contributed by atoms with van der Waals surface area (Å²) in [7, 11) is 0. The zero-order valence-electron chi connectivity index (χ0n) is 18.6. The van der Waals surface area contributed by atoms with Crippen LogP contribution in [0, 0.1) is 6.92 Å². The number of aliphatic hydroxyl groups excluding tert-OH is 1. The first-order valence-corrected chi connectivity index (χ1v) is 12.9. The Morgan fingerprint density at radius 3 is 2.64 bits per heavy atom. The smallest absolute Gasteiger partial charge is 0.301 e. The number of rotatable bonds is 3. The van der Waals surface area contributed by atoms with Gasteiger partial charge in [-0.15, -0.1) is 0 Å². The highest BCUT2D eigenvalue weighted by atomic mass is 79.9. The standard InChI is InChI=1S/C26H16BrClN4O3S/c1-13-21(31-11-3-2-4-19(31)29-13)23(33)20-22(14-5-7-15(27)8-6-14)32(25(35)24(20)34)26-30-17-10-9-16(28)12-18(17)36-26/h2-12,22,33H,1H3/b23-20+. The van der Waals surface area contributed by atoms with Gasteiger partial charge in [0.1, 0.15) is 11.3 Å². The Labute approximate surface area is 222 Å². The van der Waals surface area contributed by atoms with Crippen LogP contribution in [0.25, 0.3) is 21.6 Å². The van der Waals surface area contributed by atoms with Gasteiger partial charge >= 0.3 is 5.91 Å². The summed E-state index contributed by atoms with van der Waals surface area (Å²) in [6.07, 6.45) is 1.76. The van der Waals surface area contributed by atoms with Crippen LogP contribution in [-0.4, -0.2) is 31.2 Å². The lowest BCUT2D eigenvalue weighted by molar-refractivity contribution is -0.132. The molecule has 0 saturated carbocycles. The summed E-state index contributed by atoms with van der Waals surface area (Å²) in [6, 6.07) is 17.1. The number of carbonyl (C=O) groups is 2. The quantitative estimate of drug-likeness (QED) is 0.154. The molecule has 10 heteroatoms. The highest BCUT2D eigenvalue weighted by Gasteiger charge is 2.48. The summed E-state index contributed by atoms with van der Waals surface area (Å²) in [5.41, 5.74) is 2.81. The van der Waals surface area contributed by atoms with Crippen LogP contribution in [0.5, 0.6) is 0 Å². The summed E-state index contributed by atoms with van der Waals surface area (Å²) in [6.45, 7) is 1.75. The van der Waals surface area contributed by atoms with E-state index >= 15 is 0 Å². The van der Waals surface area contributed by atoms with Gasteiger partial charge in [0.15, 0.2) is 10.9 Å². The van der Waals surface area contributed by atoms with Crippen LogP contribution in [0.2, 0.25) is 5.02 Å². The Kier molecular flexibility index (Phi) is 5.44. The van der Waals surface area contributed by atoms with Gasteiger partial charge in [-0.2, -0.15) is 0 Å². The number of halogens is 2. The van der Waals surface area contributed by atoms with Crippen LogP contribution in [0.3, 0.4) is 0 Å². The van der Waals surface area contributed by atoms with Gasteiger partial charge in [-0.1, -0.05) is 57.1 Å². The number of hydrogen-bond acceptors (Lipinski definition) is 6. The first kappa shape index (κ1) is 22.9. The third kappa shape index (κ3) is 3.54. The van der Waals surface area contributed by atoms with Gasteiger partial charge in [0.05, 0.1) is 27.5 Å². The average molecular weight is 580 g/mol. The number of thiazole rings is 1. The Morgan fingerprint density at radius 1 is 1.08 bits per heavy atom.